The number of aromatic nitrogens is 3. The van der Waals surface area contributed by atoms with Crippen LogP contribution in [0.4, 0.5) is 0 Å². The number of ether oxygens (including phenoxy) is 1. The van der Waals surface area contributed by atoms with E-state index in [-0.39, 0.29) is 11.3 Å². The van der Waals surface area contributed by atoms with Crippen molar-refractivity contribution >= 4 is 22.8 Å². The maximum atomic E-state index is 12.9. The first-order valence-electron chi connectivity index (χ1n) is 8.55. The summed E-state index contributed by atoms with van der Waals surface area (Å²) in [4.78, 5) is 22.9. The fraction of sp³-hybridized carbons (Fsp3) is 0.333. The molecule has 4 rings (SSSR count). The Balaban J connectivity index is 1.64. The Labute approximate surface area is 154 Å². The summed E-state index contributed by atoms with van der Waals surface area (Å²) in [6, 6.07) is 8.40. The maximum absolute atomic E-state index is 12.9. The van der Waals surface area contributed by atoms with E-state index in [1.807, 2.05) is 6.07 Å². The van der Waals surface area contributed by atoms with Gasteiger partial charge in [0.05, 0.1) is 24.4 Å². The minimum Gasteiger partial charge on any atom is -0.508 e. The molecule has 7 nitrogen and oxygen atoms in total. The zero-order valence-electron chi connectivity index (χ0n) is 14.2. The number of aromatic hydroxyl groups is 1. The van der Waals surface area contributed by atoms with Gasteiger partial charge in [-0.1, -0.05) is 11.8 Å². The van der Waals surface area contributed by atoms with E-state index in [1.54, 1.807) is 46.8 Å². The molecule has 3 aromatic rings. The van der Waals surface area contributed by atoms with Crippen molar-refractivity contribution in [3.8, 4) is 11.4 Å². The van der Waals surface area contributed by atoms with E-state index < -0.39 is 0 Å². The van der Waals surface area contributed by atoms with Gasteiger partial charge in [0.25, 0.3) is 5.56 Å². The van der Waals surface area contributed by atoms with Crippen LogP contribution in [0.5, 0.6) is 5.75 Å². The summed E-state index contributed by atoms with van der Waals surface area (Å²) in [5.41, 5.74) is 1.69. The van der Waals surface area contributed by atoms with Crippen LogP contribution in [0.25, 0.3) is 16.7 Å². The molecule has 0 bridgehead atoms. The quantitative estimate of drug-likeness (QED) is 0.525. The number of H-pyrrole nitrogens is 1. The highest BCUT2D eigenvalue weighted by atomic mass is 32.2. The Kier molecular flexibility index (Phi) is 4.96. The predicted octanol–water partition coefficient (Wildman–Crippen LogP) is 1.84. The van der Waals surface area contributed by atoms with Gasteiger partial charge in [-0.15, -0.1) is 0 Å². The number of morpholine rings is 1. The average molecular weight is 372 g/mol. The Morgan fingerprint density at radius 3 is 2.73 bits per heavy atom. The van der Waals surface area contributed by atoms with Gasteiger partial charge in [0.1, 0.15) is 11.3 Å². The third kappa shape index (κ3) is 3.48. The van der Waals surface area contributed by atoms with Gasteiger partial charge in [0, 0.05) is 31.6 Å². The number of nitrogens with zero attached hydrogens (tertiary/aromatic N) is 3. The Morgan fingerprint density at radius 1 is 1.19 bits per heavy atom. The third-order valence-electron chi connectivity index (χ3n) is 4.40. The molecule has 2 N–H and O–H groups in total. The van der Waals surface area contributed by atoms with Gasteiger partial charge < -0.3 is 14.8 Å². The van der Waals surface area contributed by atoms with E-state index in [9.17, 15) is 9.90 Å². The molecule has 1 saturated heterocycles. The van der Waals surface area contributed by atoms with Crippen LogP contribution < -0.4 is 5.56 Å². The molecule has 136 valence electrons. The molecule has 0 spiro atoms. The zero-order valence-corrected chi connectivity index (χ0v) is 15.0. The fourth-order valence-corrected chi connectivity index (χ4v) is 4.01. The van der Waals surface area contributed by atoms with E-state index in [0.29, 0.717) is 21.9 Å². The summed E-state index contributed by atoms with van der Waals surface area (Å²) in [6.07, 6.45) is 1.72. The van der Waals surface area contributed by atoms with Crippen molar-refractivity contribution in [3.05, 3.63) is 46.9 Å². The van der Waals surface area contributed by atoms with Crippen LogP contribution in [-0.2, 0) is 4.74 Å². The number of hydrogen-bond acceptors (Lipinski definition) is 6. The molecule has 0 unspecified atom stereocenters. The van der Waals surface area contributed by atoms with Gasteiger partial charge in [-0.25, -0.2) is 4.98 Å². The standard InChI is InChI=1S/C18H20N4O3S/c23-14-3-1-13(2-4-14)22-17(24)16-15(5-6-19-16)20-18(22)26-12-9-21-7-10-25-11-8-21/h1-6,19,23H,7-12H2. The Hall–Kier alpha value is -2.29. The number of rotatable bonds is 5. The maximum Gasteiger partial charge on any atom is 0.283 e. The monoisotopic (exact) mass is 372 g/mol. The number of nitrogens with one attached hydrogen (secondary N) is 1. The topological polar surface area (TPSA) is 83.4 Å². The molecule has 0 atom stereocenters. The Bertz CT molecular complexity index is 945. The van der Waals surface area contributed by atoms with Crippen LogP contribution in [0.2, 0.25) is 0 Å². The second-order valence-corrected chi connectivity index (χ2v) is 7.15. The molecule has 0 saturated carbocycles. The first-order chi connectivity index (χ1) is 12.7. The van der Waals surface area contributed by atoms with Crippen LogP contribution in [-0.4, -0.2) is 63.1 Å². The largest absolute Gasteiger partial charge is 0.508 e. The van der Waals surface area contributed by atoms with Gasteiger partial charge in [-0.3, -0.25) is 14.3 Å². The lowest BCUT2D eigenvalue weighted by atomic mass is 10.3. The molecule has 2 aromatic heterocycles. The number of fused-ring (bicyclic) bond motifs is 1. The molecular weight excluding hydrogens is 352 g/mol. The lowest BCUT2D eigenvalue weighted by molar-refractivity contribution is 0.0410. The molecule has 0 amide bonds. The van der Waals surface area contributed by atoms with Crippen LogP contribution in [0.3, 0.4) is 0 Å². The molecule has 1 fully saturated rings. The summed E-state index contributed by atoms with van der Waals surface area (Å²) in [5.74, 6) is 0.998. The van der Waals surface area contributed by atoms with Gasteiger partial charge in [0.15, 0.2) is 5.16 Å². The second kappa shape index (κ2) is 7.53. The summed E-state index contributed by atoms with van der Waals surface area (Å²) >= 11 is 1.57. The summed E-state index contributed by atoms with van der Waals surface area (Å²) in [7, 11) is 0. The molecule has 8 heteroatoms. The molecular formula is C18H20N4O3S. The Morgan fingerprint density at radius 2 is 1.96 bits per heavy atom. The normalized spacial score (nSPS) is 15.5. The number of thioether (sulfide) groups is 1. The lowest BCUT2D eigenvalue weighted by Crippen LogP contribution is -2.37. The highest BCUT2D eigenvalue weighted by molar-refractivity contribution is 7.99. The van der Waals surface area contributed by atoms with E-state index in [2.05, 4.69) is 14.9 Å². The van der Waals surface area contributed by atoms with Gasteiger partial charge in [-0.05, 0) is 30.3 Å². The van der Waals surface area contributed by atoms with Crippen molar-refractivity contribution in [2.45, 2.75) is 5.16 Å². The fourth-order valence-electron chi connectivity index (χ4n) is 2.99. The smallest absolute Gasteiger partial charge is 0.283 e. The first kappa shape index (κ1) is 17.1. The minimum atomic E-state index is -0.139. The molecule has 26 heavy (non-hydrogen) atoms. The van der Waals surface area contributed by atoms with Crippen LogP contribution in [0, 0.1) is 0 Å². The minimum absolute atomic E-state index is 0.139. The van der Waals surface area contributed by atoms with Crippen molar-refractivity contribution in [2.24, 2.45) is 0 Å². The SMILES string of the molecule is O=c1c2[nH]ccc2nc(SCCN2CCOCC2)n1-c1ccc(O)cc1. The number of phenolic OH excluding ortho intramolecular Hbond substituents is 1. The van der Waals surface area contributed by atoms with Crippen molar-refractivity contribution in [2.75, 3.05) is 38.6 Å². The average Bonchev–Trinajstić information content (AvgIpc) is 3.13. The summed E-state index contributed by atoms with van der Waals surface area (Å²) in [5, 5.41) is 10.2. The summed E-state index contributed by atoms with van der Waals surface area (Å²) < 4.78 is 6.98. The van der Waals surface area contributed by atoms with Crippen LogP contribution in [0.15, 0.2) is 46.5 Å². The van der Waals surface area contributed by atoms with E-state index >= 15 is 0 Å². The molecule has 3 heterocycles. The van der Waals surface area contributed by atoms with E-state index in [1.165, 1.54) is 0 Å². The van der Waals surface area contributed by atoms with Crippen molar-refractivity contribution < 1.29 is 9.84 Å². The lowest BCUT2D eigenvalue weighted by Gasteiger charge is -2.26. The first-order valence-corrected chi connectivity index (χ1v) is 9.53. The molecule has 1 aromatic carbocycles. The van der Waals surface area contributed by atoms with E-state index in [4.69, 9.17) is 4.74 Å². The number of phenols is 1. The molecule has 0 radical (unpaired) electrons. The third-order valence-corrected chi connectivity index (χ3v) is 5.32. The van der Waals surface area contributed by atoms with E-state index in [0.717, 1.165) is 38.6 Å². The van der Waals surface area contributed by atoms with Crippen molar-refractivity contribution in [3.63, 3.8) is 0 Å². The van der Waals surface area contributed by atoms with Crippen LogP contribution in [0.1, 0.15) is 0 Å². The zero-order chi connectivity index (χ0) is 17.9. The highest BCUT2D eigenvalue weighted by Gasteiger charge is 2.15. The number of benzene rings is 1. The van der Waals surface area contributed by atoms with Crippen molar-refractivity contribution in [1.29, 1.82) is 0 Å². The number of aromatic amines is 1. The second-order valence-electron chi connectivity index (χ2n) is 6.09. The molecule has 1 aliphatic heterocycles. The molecule has 0 aliphatic carbocycles. The number of hydrogen-bond donors (Lipinski definition) is 2. The van der Waals surface area contributed by atoms with Gasteiger partial charge in [-0.2, -0.15) is 0 Å². The highest BCUT2D eigenvalue weighted by Crippen LogP contribution is 2.22. The van der Waals surface area contributed by atoms with Gasteiger partial charge >= 0.3 is 0 Å². The van der Waals surface area contributed by atoms with Crippen molar-refractivity contribution in [1.82, 2.24) is 19.4 Å². The van der Waals surface area contributed by atoms with Gasteiger partial charge in [0.2, 0.25) is 0 Å². The molecule has 1 aliphatic rings. The predicted molar refractivity (Wildman–Crippen MR) is 101 cm³/mol. The summed E-state index contributed by atoms with van der Waals surface area (Å²) in [6.45, 7) is 4.35. The van der Waals surface area contributed by atoms with Crippen LogP contribution >= 0.6 is 11.8 Å².